The Morgan fingerprint density at radius 3 is 2.27 bits per heavy atom. The second kappa shape index (κ2) is 4.97. The number of urea groups is 1. The van der Waals surface area contributed by atoms with Crippen LogP contribution >= 0.6 is 0 Å². The average molecular weight is 218 g/mol. The Kier molecular flexibility index (Phi) is 4.54. The Labute approximate surface area is 88.9 Å². The molecule has 0 heterocycles. The summed E-state index contributed by atoms with van der Waals surface area (Å²) in [6, 6.07) is -1.47. The van der Waals surface area contributed by atoms with Crippen LogP contribution < -0.4 is 5.32 Å². The molecule has 0 aromatic carbocycles. The van der Waals surface area contributed by atoms with Crippen molar-refractivity contribution < 1.29 is 19.8 Å². The van der Waals surface area contributed by atoms with Crippen LogP contribution in [0.15, 0.2) is 0 Å². The van der Waals surface area contributed by atoms with Crippen LogP contribution in [0.3, 0.4) is 0 Å². The highest BCUT2D eigenvalue weighted by atomic mass is 16.4. The standard InChI is InChI=1S/C9H18N2O4/c1-6(7(13)14)10-8(15)11(4)9(2,3)5-12/h6,12H,5H2,1-4H3,(H,10,15)(H,13,14)/t6-/m0/s1. The van der Waals surface area contributed by atoms with Crippen molar-refractivity contribution in [1.29, 1.82) is 0 Å². The molecule has 0 aliphatic carbocycles. The number of carbonyl (C=O) groups is 2. The summed E-state index contributed by atoms with van der Waals surface area (Å²) in [5, 5.41) is 19.9. The van der Waals surface area contributed by atoms with Gasteiger partial charge in [0.2, 0.25) is 0 Å². The summed E-state index contributed by atoms with van der Waals surface area (Å²) in [6.07, 6.45) is 0. The summed E-state index contributed by atoms with van der Waals surface area (Å²) >= 11 is 0. The van der Waals surface area contributed by atoms with Gasteiger partial charge in [0.15, 0.2) is 0 Å². The van der Waals surface area contributed by atoms with Crippen LogP contribution in [0.1, 0.15) is 20.8 Å². The van der Waals surface area contributed by atoms with Crippen molar-refractivity contribution in [3.63, 3.8) is 0 Å². The van der Waals surface area contributed by atoms with Gasteiger partial charge in [-0.3, -0.25) is 4.79 Å². The fourth-order valence-electron chi connectivity index (χ4n) is 0.725. The molecule has 3 N–H and O–H groups in total. The molecule has 0 spiro atoms. The maximum Gasteiger partial charge on any atom is 0.325 e. The SMILES string of the molecule is C[C@H](NC(=O)N(C)C(C)(C)CO)C(=O)O. The van der Waals surface area contributed by atoms with Gasteiger partial charge < -0.3 is 20.4 Å². The zero-order chi connectivity index (χ0) is 12.2. The van der Waals surface area contributed by atoms with Gasteiger partial charge >= 0.3 is 12.0 Å². The van der Waals surface area contributed by atoms with Crippen molar-refractivity contribution in [3.05, 3.63) is 0 Å². The monoisotopic (exact) mass is 218 g/mol. The zero-order valence-electron chi connectivity index (χ0n) is 9.44. The maximum absolute atomic E-state index is 11.5. The van der Waals surface area contributed by atoms with Crippen molar-refractivity contribution in [2.75, 3.05) is 13.7 Å². The fourth-order valence-corrected chi connectivity index (χ4v) is 0.725. The lowest BCUT2D eigenvalue weighted by Gasteiger charge is -2.34. The van der Waals surface area contributed by atoms with Gasteiger partial charge in [0.1, 0.15) is 6.04 Å². The minimum absolute atomic E-state index is 0.196. The predicted octanol–water partition coefficient (Wildman–Crippen LogP) is -0.128. The molecule has 0 fully saturated rings. The highest BCUT2D eigenvalue weighted by molar-refractivity contribution is 5.82. The van der Waals surface area contributed by atoms with E-state index in [4.69, 9.17) is 10.2 Å². The number of amides is 2. The summed E-state index contributed by atoms with van der Waals surface area (Å²) in [5.74, 6) is -1.10. The van der Waals surface area contributed by atoms with E-state index in [1.54, 1.807) is 13.8 Å². The van der Waals surface area contributed by atoms with E-state index in [0.717, 1.165) is 0 Å². The van der Waals surface area contributed by atoms with Crippen LogP contribution in [0.4, 0.5) is 4.79 Å². The Morgan fingerprint density at radius 1 is 1.47 bits per heavy atom. The van der Waals surface area contributed by atoms with E-state index in [1.165, 1.54) is 18.9 Å². The van der Waals surface area contributed by atoms with Crippen LogP contribution in [0, 0.1) is 0 Å². The first-order chi connectivity index (χ1) is 6.72. The maximum atomic E-state index is 11.5. The number of aliphatic carboxylic acids is 1. The molecule has 6 nitrogen and oxygen atoms in total. The van der Waals surface area contributed by atoms with Crippen molar-refractivity contribution in [2.24, 2.45) is 0 Å². The molecule has 0 aliphatic heterocycles. The Morgan fingerprint density at radius 2 is 1.93 bits per heavy atom. The molecule has 0 aliphatic rings. The molecule has 0 aromatic rings. The molecule has 1 atom stereocenters. The van der Waals surface area contributed by atoms with Gasteiger partial charge in [0, 0.05) is 7.05 Å². The molecule has 0 radical (unpaired) electrons. The van der Waals surface area contributed by atoms with E-state index in [0.29, 0.717) is 0 Å². The number of nitrogens with one attached hydrogen (secondary N) is 1. The van der Waals surface area contributed by atoms with Gasteiger partial charge in [-0.1, -0.05) is 0 Å². The first-order valence-corrected chi connectivity index (χ1v) is 4.60. The average Bonchev–Trinajstić information content (AvgIpc) is 2.16. The molecule has 2 amide bonds. The van der Waals surface area contributed by atoms with Crippen molar-refractivity contribution in [2.45, 2.75) is 32.4 Å². The van der Waals surface area contributed by atoms with Crippen molar-refractivity contribution in [1.82, 2.24) is 10.2 Å². The lowest BCUT2D eigenvalue weighted by Crippen LogP contribution is -2.54. The van der Waals surface area contributed by atoms with Crippen molar-refractivity contribution >= 4 is 12.0 Å². The highest BCUT2D eigenvalue weighted by Gasteiger charge is 2.28. The van der Waals surface area contributed by atoms with E-state index in [-0.39, 0.29) is 6.61 Å². The molecule has 0 saturated heterocycles. The second-order valence-electron chi connectivity index (χ2n) is 4.04. The van der Waals surface area contributed by atoms with Crippen molar-refractivity contribution in [3.8, 4) is 0 Å². The number of hydrogen-bond donors (Lipinski definition) is 3. The number of carboxylic acid groups (broad SMARTS) is 1. The third kappa shape index (κ3) is 3.75. The van der Waals surface area contributed by atoms with E-state index in [2.05, 4.69) is 5.32 Å². The molecule has 0 unspecified atom stereocenters. The number of nitrogens with zero attached hydrogens (tertiary/aromatic N) is 1. The third-order valence-corrected chi connectivity index (χ3v) is 2.31. The summed E-state index contributed by atoms with van der Waals surface area (Å²) in [7, 11) is 1.50. The summed E-state index contributed by atoms with van der Waals surface area (Å²) in [4.78, 5) is 23.3. The van der Waals surface area contributed by atoms with Crippen LogP contribution in [0.25, 0.3) is 0 Å². The number of aliphatic hydroxyl groups excluding tert-OH is 1. The minimum Gasteiger partial charge on any atom is -0.480 e. The van der Waals surface area contributed by atoms with E-state index in [1.807, 2.05) is 0 Å². The molecule has 0 saturated carbocycles. The molecule has 0 bridgehead atoms. The third-order valence-electron chi connectivity index (χ3n) is 2.31. The number of likely N-dealkylation sites (N-methyl/N-ethyl adjacent to an activating group) is 1. The van der Waals surface area contributed by atoms with Crippen LogP contribution in [-0.2, 0) is 4.79 Å². The summed E-state index contributed by atoms with van der Waals surface area (Å²) in [5.41, 5.74) is -0.720. The molecule has 88 valence electrons. The lowest BCUT2D eigenvalue weighted by atomic mass is 10.1. The lowest BCUT2D eigenvalue weighted by molar-refractivity contribution is -0.138. The number of carboxylic acids is 1. The first kappa shape index (κ1) is 13.7. The van der Waals surface area contributed by atoms with E-state index >= 15 is 0 Å². The van der Waals surface area contributed by atoms with Crippen LogP contribution in [0.5, 0.6) is 0 Å². The molecule has 0 aromatic heterocycles. The van der Waals surface area contributed by atoms with Crippen LogP contribution in [0.2, 0.25) is 0 Å². The smallest absolute Gasteiger partial charge is 0.325 e. The molecule has 15 heavy (non-hydrogen) atoms. The largest absolute Gasteiger partial charge is 0.480 e. The Hall–Kier alpha value is -1.30. The summed E-state index contributed by atoms with van der Waals surface area (Å²) < 4.78 is 0. The number of carbonyl (C=O) groups excluding carboxylic acids is 1. The van der Waals surface area contributed by atoms with Gasteiger partial charge in [-0.05, 0) is 20.8 Å². The Balaban J connectivity index is 4.40. The number of rotatable bonds is 4. The van der Waals surface area contributed by atoms with Gasteiger partial charge in [0.25, 0.3) is 0 Å². The van der Waals surface area contributed by atoms with Gasteiger partial charge in [-0.15, -0.1) is 0 Å². The Bertz CT molecular complexity index is 252. The quantitative estimate of drug-likeness (QED) is 0.613. The topological polar surface area (TPSA) is 89.9 Å². The molecule has 0 rings (SSSR count). The normalized spacial score (nSPS) is 13.1. The minimum atomic E-state index is -1.10. The fraction of sp³-hybridized carbons (Fsp3) is 0.778. The number of hydrogen-bond acceptors (Lipinski definition) is 3. The second-order valence-corrected chi connectivity index (χ2v) is 4.04. The van der Waals surface area contributed by atoms with E-state index in [9.17, 15) is 9.59 Å². The number of aliphatic hydroxyl groups is 1. The molecular weight excluding hydrogens is 200 g/mol. The molecular formula is C9H18N2O4. The van der Waals surface area contributed by atoms with Gasteiger partial charge in [-0.2, -0.15) is 0 Å². The van der Waals surface area contributed by atoms with E-state index < -0.39 is 23.6 Å². The van der Waals surface area contributed by atoms with Gasteiger partial charge in [-0.25, -0.2) is 4.79 Å². The summed E-state index contributed by atoms with van der Waals surface area (Å²) in [6.45, 7) is 4.54. The molecule has 6 heteroatoms. The first-order valence-electron chi connectivity index (χ1n) is 4.60. The zero-order valence-corrected chi connectivity index (χ0v) is 9.44. The predicted molar refractivity (Wildman–Crippen MR) is 54.6 cm³/mol. The van der Waals surface area contributed by atoms with Gasteiger partial charge in [0.05, 0.1) is 12.1 Å². The van der Waals surface area contributed by atoms with Crippen LogP contribution in [-0.4, -0.2) is 52.3 Å². The highest BCUT2D eigenvalue weighted by Crippen LogP contribution is 2.10.